The molecule has 13 heteroatoms. The van der Waals surface area contributed by atoms with Gasteiger partial charge in [0.25, 0.3) is 0 Å². The summed E-state index contributed by atoms with van der Waals surface area (Å²) in [6.45, 7) is 2.70. The predicted octanol–water partition coefficient (Wildman–Crippen LogP) is 2.11. The molecule has 158 valence electrons. The summed E-state index contributed by atoms with van der Waals surface area (Å²) in [5.74, 6) is -0.715. The number of rotatable bonds is 8. The number of anilines is 1. The van der Waals surface area contributed by atoms with E-state index < -0.39 is 48.8 Å². The minimum atomic E-state index is -4.35. The van der Waals surface area contributed by atoms with E-state index in [2.05, 4.69) is 4.98 Å². The number of hydrogen-bond donors (Lipinski definition) is 2. The largest absolute Gasteiger partial charge is 0.389 e. The molecule has 0 spiro atoms. The van der Waals surface area contributed by atoms with Crippen LogP contribution in [-0.2, 0) is 18.3 Å². The first kappa shape index (κ1) is 22.9. The second kappa shape index (κ2) is 8.98. The summed E-state index contributed by atoms with van der Waals surface area (Å²) in [6, 6.07) is 1.22. The van der Waals surface area contributed by atoms with E-state index in [9.17, 15) is 23.2 Å². The molecule has 2 rings (SSSR count). The molecule has 28 heavy (non-hydrogen) atoms. The lowest BCUT2D eigenvalue weighted by molar-refractivity contribution is -0.0616. The summed E-state index contributed by atoms with van der Waals surface area (Å²) < 4.78 is 58.0. The Morgan fingerprint density at radius 1 is 1.54 bits per heavy atom. The first-order valence-electron chi connectivity index (χ1n) is 8.32. The number of alkyl halides is 2. The van der Waals surface area contributed by atoms with Gasteiger partial charge in [0.05, 0.1) is 19.1 Å². The number of nitrogens with zero attached hydrogens (tertiary/aromatic N) is 2. The van der Waals surface area contributed by atoms with Crippen molar-refractivity contribution in [2.75, 3.05) is 24.8 Å². The number of hydrogen-bond acceptors (Lipinski definition) is 8. The van der Waals surface area contributed by atoms with Crippen LogP contribution in [0.15, 0.2) is 28.7 Å². The maximum Gasteiger partial charge on any atom is 0.389 e. The average Bonchev–Trinajstić information content (AvgIpc) is 2.88. The van der Waals surface area contributed by atoms with Gasteiger partial charge >= 0.3 is 13.3 Å². The Labute approximate surface area is 164 Å². The SMILES string of the molecule is CCOP(=O)(OCC)/C(F)=C\[C@@]1(CCl)O[C@@H](n2ccc(N)nc2=O)[C@H](F)[C@@H]1O. The molecule has 1 saturated heterocycles. The van der Waals surface area contributed by atoms with Crippen LogP contribution in [0.3, 0.4) is 0 Å². The van der Waals surface area contributed by atoms with E-state index in [0.29, 0.717) is 6.08 Å². The maximum absolute atomic E-state index is 14.7. The van der Waals surface area contributed by atoms with Crippen LogP contribution in [0.1, 0.15) is 20.1 Å². The standard InChI is InChI=1S/C15H21ClF2N3O6P/c1-3-25-28(24,26-4-2)9(17)7-15(8-16)12(22)11(18)13(27-15)21-6-5-10(19)20-14(21)23/h5-7,11-13,22H,3-4,8H2,1-2H3,(H2,19,20,23)/b9-7-/t11-,12+,13-,15+/m1/s1. The van der Waals surface area contributed by atoms with E-state index in [4.69, 9.17) is 31.1 Å². The van der Waals surface area contributed by atoms with Gasteiger partial charge in [-0.05, 0) is 26.0 Å². The second-order valence-electron chi connectivity index (χ2n) is 5.83. The molecule has 9 nitrogen and oxygen atoms in total. The fourth-order valence-electron chi connectivity index (χ4n) is 2.66. The van der Waals surface area contributed by atoms with Crippen molar-refractivity contribution < 1.29 is 32.2 Å². The fourth-order valence-corrected chi connectivity index (χ4v) is 4.34. The number of aromatic nitrogens is 2. The Balaban J connectivity index is 2.46. The fraction of sp³-hybridized carbons (Fsp3) is 0.600. The highest BCUT2D eigenvalue weighted by atomic mass is 35.5. The average molecular weight is 444 g/mol. The van der Waals surface area contributed by atoms with Crippen molar-refractivity contribution in [2.45, 2.75) is 38.0 Å². The summed E-state index contributed by atoms with van der Waals surface area (Å²) in [7, 11) is -4.35. The summed E-state index contributed by atoms with van der Waals surface area (Å²) in [6.07, 6.45) is -4.15. The number of ether oxygens (including phenoxy) is 1. The Morgan fingerprint density at radius 2 is 2.14 bits per heavy atom. The normalized spacial score (nSPS) is 28.6. The van der Waals surface area contributed by atoms with Gasteiger partial charge in [0, 0.05) is 6.20 Å². The zero-order valence-corrected chi connectivity index (χ0v) is 16.8. The molecule has 1 aliphatic rings. The molecule has 1 aliphatic heterocycles. The molecule has 3 N–H and O–H groups in total. The highest BCUT2D eigenvalue weighted by molar-refractivity contribution is 7.58. The molecule has 0 amide bonds. The summed E-state index contributed by atoms with van der Waals surface area (Å²) in [5.41, 5.74) is 0.915. The lowest BCUT2D eigenvalue weighted by atomic mass is 9.98. The van der Waals surface area contributed by atoms with Gasteiger partial charge in [-0.25, -0.2) is 9.18 Å². The molecule has 2 heterocycles. The van der Waals surface area contributed by atoms with Gasteiger partial charge < -0.3 is 24.6 Å². The molecule has 1 aromatic heterocycles. The summed E-state index contributed by atoms with van der Waals surface area (Å²) >= 11 is 5.83. The van der Waals surface area contributed by atoms with Crippen LogP contribution < -0.4 is 11.4 Å². The Hall–Kier alpha value is -1.36. The first-order valence-corrected chi connectivity index (χ1v) is 10.4. The van der Waals surface area contributed by atoms with Crippen molar-refractivity contribution in [3.05, 3.63) is 34.4 Å². The van der Waals surface area contributed by atoms with Gasteiger partial charge in [-0.15, -0.1) is 11.6 Å². The van der Waals surface area contributed by atoms with Crippen LogP contribution in [0.5, 0.6) is 0 Å². The Kier molecular flexibility index (Phi) is 7.35. The van der Waals surface area contributed by atoms with E-state index in [1.54, 1.807) is 0 Å². The zero-order chi connectivity index (χ0) is 21.1. The third kappa shape index (κ3) is 4.29. The van der Waals surface area contributed by atoms with Crippen molar-refractivity contribution in [3.8, 4) is 0 Å². The molecular weight excluding hydrogens is 423 g/mol. The quantitative estimate of drug-likeness (QED) is 0.462. The molecule has 4 atom stereocenters. The highest BCUT2D eigenvalue weighted by Crippen LogP contribution is 2.58. The van der Waals surface area contributed by atoms with E-state index in [1.807, 2.05) is 0 Å². The molecular formula is C15H21ClF2N3O6P. The maximum atomic E-state index is 14.7. The van der Waals surface area contributed by atoms with Crippen LogP contribution in [-0.4, -0.2) is 51.6 Å². The molecule has 0 saturated carbocycles. The molecule has 1 aromatic rings. The monoisotopic (exact) mass is 443 g/mol. The van der Waals surface area contributed by atoms with Crippen LogP contribution >= 0.6 is 19.2 Å². The van der Waals surface area contributed by atoms with E-state index in [1.165, 1.54) is 19.9 Å². The van der Waals surface area contributed by atoms with Gasteiger partial charge in [-0.1, -0.05) is 0 Å². The van der Waals surface area contributed by atoms with Crippen molar-refractivity contribution in [3.63, 3.8) is 0 Å². The van der Waals surface area contributed by atoms with Crippen molar-refractivity contribution >= 4 is 25.0 Å². The zero-order valence-electron chi connectivity index (χ0n) is 15.1. The van der Waals surface area contributed by atoms with Crippen molar-refractivity contribution in [2.24, 2.45) is 0 Å². The number of aliphatic hydroxyl groups excluding tert-OH is 1. The van der Waals surface area contributed by atoms with Crippen LogP contribution in [0.25, 0.3) is 0 Å². The highest BCUT2D eigenvalue weighted by Gasteiger charge is 2.56. The summed E-state index contributed by atoms with van der Waals surface area (Å²) in [5, 5.41) is 10.3. The Bertz CT molecular complexity index is 830. The number of aliphatic hydroxyl groups is 1. The first-order chi connectivity index (χ1) is 13.1. The number of halogens is 3. The Morgan fingerprint density at radius 3 is 2.64 bits per heavy atom. The summed E-state index contributed by atoms with van der Waals surface area (Å²) in [4.78, 5) is 15.4. The molecule has 1 fully saturated rings. The number of nitrogens with two attached hydrogens (primary N) is 1. The third-order valence-corrected chi connectivity index (χ3v) is 6.24. The molecule has 0 radical (unpaired) electrons. The van der Waals surface area contributed by atoms with Crippen molar-refractivity contribution in [1.82, 2.24) is 9.55 Å². The topological polar surface area (TPSA) is 126 Å². The van der Waals surface area contributed by atoms with Crippen LogP contribution in [0, 0.1) is 0 Å². The third-order valence-electron chi connectivity index (χ3n) is 3.97. The van der Waals surface area contributed by atoms with E-state index in [-0.39, 0.29) is 19.0 Å². The van der Waals surface area contributed by atoms with Gasteiger partial charge in [-0.2, -0.15) is 9.37 Å². The minimum Gasteiger partial charge on any atom is -0.386 e. The second-order valence-corrected chi connectivity index (χ2v) is 8.03. The molecule has 0 unspecified atom stereocenters. The smallest absolute Gasteiger partial charge is 0.386 e. The van der Waals surface area contributed by atoms with Gasteiger partial charge in [0.2, 0.25) is 5.57 Å². The predicted molar refractivity (Wildman–Crippen MR) is 97.4 cm³/mol. The minimum absolute atomic E-state index is 0.0980. The lowest BCUT2D eigenvalue weighted by Gasteiger charge is -2.27. The van der Waals surface area contributed by atoms with Gasteiger partial charge in [0.1, 0.15) is 17.5 Å². The number of nitrogen functional groups attached to an aromatic ring is 1. The van der Waals surface area contributed by atoms with Crippen molar-refractivity contribution in [1.29, 1.82) is 0 Å². The van der Waals surface area contributed by atoms with Crippen LogP contribution in [0.4, 0.5) is 14.6 Å². The molecule has 0 aromatic carbocycles. The van der Waals surface area contributed by atoms with Gasteiger partial charge in [0.15, 0.2) is 12.4 Å². The van der Waals surface area contributed by atoms with E-state index in [0.717, 1.165) is 10.8 Å². The molecule has 0 bridgehead atoms. The van der Waals surface area contributed by atoms with Gasteiger partial charge in [-0.3, -0.25) is 9.13 Å². The van der Waals surface area contributed by atoms with E-state index >= 15 is 0 Å². The molecule has 0 aliphatic carbocycles. The lowest BCUT2D eigenvalue weighted by Crippen LogP contribution is -2.42. The van der Waals surface area contributed by atoms with Crippen LogP contribution in [0.2, 0.25) is 0 Å².